The Bertz CT molecular complexity index is 899. The molecule has 1 N–H and O–H groups in total. The molecule has 1 heterocycles. The molecule has 0 spiro atoms. The Kier molecular flexibility index (Phi) is 5.31. The first-order chi connectivity index (χ1) is 12.0. The van der Waals surface area contributed by atoms with E-state index in [2.05, 4.69) is 21.2 Å². The number of halogens is 1. The van der Waals surface area contributed by atoms with Crippen LogP contribution in [0.4, 0.5) is 4.79 Å². The SMILES string of the molecule is O=C1NC(=O)/C(=C/c2ccc(/C=C/C(=O)c3ccc(Br)cc3)cc2)S1. The van der Waals surface area contributed by atoms with Gasteiger partial charge >= 0.3 is 0 Å². The summed E-state index contributed by atoms with van der Waals surface area (Å²) in [5.74, 6) is -0.449. The predicted octanol–water partition coefficient (Wildman–Crippen LogP) is 4.67. The Morgan fingerprint density at radius 2 is 1.60 bits per heavy atom. The number of hydrogen-bond acceptors (Lipinski definition) is 4. The number of ketones is 1. The van der Waals surface area contributed by atoms with E-state index in [1.54, 1.807) is 24.3 Å². The predicted molar refractivity (Wildman–Crippen MR) is 103 cm³/mol. The van der Waals surface area contributed by atoms with E-state index >= 15 is 0 Å². The molecule has 4 nitrogen and oxygen atoms in total. The molecule has 0 aliphatic carbocycles. The van der Waals surface area contributed by atoms with E-state index in [9.17, 15) is 14.4 Å². The highest BCUT2D eigenvalue weighted by Gasteiger charge is 2.24. The Labute approximate surface area is 157 Å². The molecule has 2 aromatic carbocycles. The van der Waals surface area contributed by atoms with Gasteiger partial charge in [-0.05, 0) is 59.3 Å². The lowest BCUT2D eigenvalue weighted by Crippen LogP contribution is -2.17. The van der Waals surface area contributed by atoms with Crippen molar-refractivity contribution < 1.29 is 14.4 Å². The third kappa shape index (κ3) is 4.55. The number of hydrogen-bond donors (Lipinski definition) is 1. The number of allylic oxidation sites excluding steroid dienone is 1. The van der Waals surface area contributed by atoms with Crippen LogP contribution < -0.4 is 5.32 Å². The van der Waals surface area contributed by atoms with E-state index in [4.69, 9.17) is 0 Å². The van der Waals surface area contributed by atoms with Crippen LogP contribution in [0.25, 0.3) is 12.2 Å². The first-order valence-electron chi connectivity index (χ1n) is 7.34. The minimum atomic E-state index is -0.376. The molecule has 3 rings (SSSR count). The monoisotopic (exact) mass is 413 g/mol. The lowest BCUT2D eigenvalue weighted by Gasteiger charge is -1.98. The molecule has 25 heavy (non-hydrogen) atoms. The maximum Gasteiger partial charge on any atom is 0.290 e. The van der Waals surface area contributed by atoms with Gasteiger partial charge in [-0.1, -0.05) is 46.3 Å². The number of imide groups is 1. The van der Waals surface area contributed by atoms with Crippen molar-refractivity contribution in [3.8, 4) is 0 Å². The topological polar surface area (TPSA) is 63.2 Å². The number of carbonyl (C=O) groups excluding carboxylic acids is 3. The molecule has 1 aliphatic rings. The van der Waals surface area contributed by atoms with Crippen LogP contribution in [0.2, 0.25) is 0 Å². The summed E-state index contributed by atoms with van der Waals surface area (Å²) in [5.41, 5.74) is 2.30. The largest absolute Gasteiger partial charge is 0.290 e. The van der Waals surface area contributed by atoms with Crippen molar-refractivity contribution in [2.75, 3.05) is 0 Å². The third-order valence-electron chi connectivity index (χ3n) is 3.43. The second-order valence-electron chi connectivity index (χ2n) is 5.22. The van der Waals surface area contributed by atoms with Gasteiger partial charge in [-0.15, -0.1) is 0 Å². The fraction of sp³-hybridized carbons (Fsp3) is 0. The van der Waals surface area contributed by atoms with Crippen LogP contribution in [-0.4, -0.2) is 16.9 Å². The molecular weight excluding hydrogens is 402 g/mol. The fourth-order valence-corrected chi connectivity index (χ4v) is 3.10. The van der Waals surface area contributed by atoms with Crippen LogP contribution in [-0.2, 0) is 4.79 Å². The van der Waals surface area contributed by atoms with Gasteiger partial charge in [-0.2, -0.15) is 0 Å². The van der Waals surface area contributed by atoms with Crippen molar-refractivity contribution in [2.45, 2.75) is 0 Å². The molecule has 0 radical (unpaired) electrons. The number of nitrogens with one attached hydrogen (secondary N) is 1. The summed E-state index contributed by atoms with van der Waals surface area (Å²) < 4.78 is 0.925. The minimum Gasteiger partial charge on any atom is -0.289 e. The molecule has 124 valence electrons. The second-order valence-corrected chi connectivity index (χ2v) is 7.15. The summed E-state index contributed by atoms with van der Waals surface area (Å²) in [4.78, 5) is 35.1. The maximum atomic E-state index is 12.1. The van der Waals surface area contributed by atoms with E-state index in [0.717, 1.165) is 27.4 Å². The van der Waals surface area contributed by atoms with Gasteiger partial charge < -0.3 is 0 Å². The van der Waals surface area contributed by atoms with Crippen LogP contribution in [0.3, 0.4) is 0 Å². The molecule has 2 amide bonds. The Morgan fingerprint density at radius 1 is 0.960 bits per heavy atom. The van der Waals surface area contributed by atoms with Gasteiger partial charge in [0, 0.05) is 10.0 Å². The van der Waals surface area contributed by atoms with Crippen molar-refractivity contribution in [3.05, 3.63) is 80.7 Å². The summed E-state index contributed by atoms with van der Waals surface area (Å²) in [7, 11) is 0. The smallest absolute Gasteiger partial charge is 0.289 e. The van der Waals surface area contributed by atoms with E-state index in [-0.39, 0.29) is 16.9 Å². The highest BCUT2D eigenvalue weighted by molar-refractivity contribution is 9.10. The zero-order valence-electron chi connectivity index (χ0n) is 12.9. The first-order valence-corrected chi connectivity index (χ1v) is 8.95. The molecule has 6 heteroatoms. The normalized spacial score (nSPS) is 15.8. The van der Waals surface area contributed by atoms with Crippen LogP contribution in [0.5, 0.6) is 0 Å². The summed E-state index contributed by atoms with van der Waals surface area (Å²) in [6.45, 7) is 0. The number of thioether (sulfide) groups is 1. The standard InChI is InChI=1S/C19H12BrNO3S/c20-15-8-6-14(7-9-15)16(22)10-5-12-1-3-13(4-2-12)11-17-18(23)21-19(24)25-17/h1-11H,(H,21,23,24)/b10-5+,17-11-. The van der Waals surface area contributed by atoms with Crippen molar-refractivity contribution in [2.24, 2.45) is 0 Å². The van der Waals surface area contributed by atoms with Gasteiger partial charge in [0.2, 0.25) is 0 Å². The summed E-state index contributed by atoms with van der Waals surface area (Å²) in [5, 5.41) is 1.86. The Morgan fingerprint density at radius 3 is 2.20 bits per heavy atom. The van der Waals surface area contributed by atoms with Crippen molar-refractivity contribution in [3.63, 3.8) is 0 Å². The van der Waals surface area contributed by atoms with Gasteiger partial charge in [-0.3, -0.25) is 19.7 Å². The molecule has 0 aromatic heterocycles. The number of benzene rings is 2. The van der Waals surface area contributed by atoms with Gasteiger partial charge in [0.25, 0.3) is 11.1 Å². The highest BCUT2D eigenvalue weighted by Crippen LogP contribution is 2.25. The zero-order valence-corrected chi connectivity index (χ0v) is 15.3. The minimum absolute atomic E-state index is 0.0729. The van der Waals surface area contributed by atoms with Gasteiger partial charge in [-0.25, -0.2) is 0 Å². The highest BCUT2D eigenvalue weighted by atomic mass is 79.9. The van der Waals surface area contributed by atoms with Crippen molar-refractivity contribution in [1.82, 2.24) is 5.32 Å². The summed E-state index contributed by atoms with van der Waals surface area (Å²) in [6, 6.07) is 14.5. The van der Waals surface area contributed by atoms with Crippen molar-refractivity contribution in [1.29, 1.82) is 0 Å². The van der Waals surface area contributed by atoms with Crippen LogP contribution in [0, 0.1) is 0 Å². The molecular formula is C19H12BrNO3S. The number of amides is 2. The van der Waals surface area contributed by atoms with Crippen LogP contribution in [0.15, 0.2) is 64.0 Å². The summed E-state index contributed by atoms with van der Waals surface area (Å²) in [6.07, 6.45) is 4.92. The van der Waals surface area contributed by atoms with Crippen molar-refractivity contribution >= 4 is 56.8 Å². The lowest BCUT2D eigenvalue weighted by atomic mass is 10.1. The van der Waals surface area contributed by atoms with E-state index < -0.39 is 0 Å². The average molecular weight is 414 g/mol. The molecule has 1 aliphatic heterocycles. The lowest BCUT2D eigenvalue weighted by molar-refractivity contribution is -0.115. The molecule has 1 fully saturated rings. The number of rotatable bonds is 4. The fourth-order valence-electron chi connectivity index (χ4n) is 2.16. The molecule has 1 saturated heterocycles. The Balaban J connectivity index is 1.69. The van der Waals surface area contributed by atoms with Gasteiger partial charge in [0.1, 0.15) is 0 Å². The molecule has 0 bridgehead atoms. The average Bonchev–Trinajstić information content (AvgIpc) is 2.92. The van der Waals surface area contributed by atoms with Gasteiger partial charge in [0.15, 0.2) is 5.78 Å². The number of carbonyl (C=O) groups is 3. The maximum absolute atomic E-state index is 12.1. The molecule has 2 aromatic rings. The summed E-state index contributed by atoms with van der Waals surface area (Å²) >= 11 is 4.22. The Hall–Kier alpha value is -2.44. The van der Waals surface area contributed by atoms with Crippen LogP contribution in [0.1, 0.15) is 21.5 Å². The zero-order chi connectivity index (χ0) is 17.8. The molecule has 0 atom stereocenters. The quantitative estimate of drug-likeness (QED) is 0.584. The van der Waals surface area contributed by atoms with Gasteiger partial charge in [0.05, 0.1) is 4.91 Å². The first kappa shape index (κ1) is 17.4. The van der Waals surface area contributed by atoms with E-state index in [0.29, 0.717) is 10.5 Å². The van der Waals surface area contributed by atoms with E-state index in [1.165, 1.54) is 6.08 Å². The second kappa shape index (κ2) is 7.63. The molecule has 0 saturated carbocycles. The molecule has 0 unspecified atom stereocenters. The van der Waals surface area contributed by atoms with E-state index in [1.807, 2.05) is 36.4 Å². The van der Waals surface area contributed by atoms with Crippen LogP contribution >= 0.6 is 27.7 Å². The third-order valence-corrected chi connectivity index (χ3v) is 4.77.